The maximum Gasteiger partial charge on any atom is 0.115 e. The average molecular weight is 399 g/mol. The van der Waals surface area contributed by atoms with E-state index in [1.165, 1.54) is 95.5 Å². The second-order valence-electron chi connectivity index (χ2n) is 10.7. The summed E-state index contributed by atoms with van der Waals surface area (Å²) >= 11 is 0. The summed E-state index contributed by atoms with van der Waals surface area (Å²) in [5, 5.41) is 0. The van der Waals surface area contributed by atoms with E-state index >= 15 is 0 Å². The highest BCUT2D eigenvalue weighted by Crippen LogP contribution is 2.47. The molecular weight excluding hydrogens is 355 g/mol. The van der Waals surface area contributed by atoms with Crippen LogP contribution in [0.1, 0.15) is 114 Å². The minimum absolute atomic E-state index is 0.337. The molecule has 0 aromatic heterocycles. The van der Waals surface area contributed by atoms with Crippen LogP contribution in [0, 0.1) is 29.6 Å². The van der Waals surface area contributed by atoms with Gasteiger partial charge in [0.05, 0.1) is 0 Å². The Morgan fingerprint density at radius 3 is 1.55 bits per heavy atom. The summed E-state index contributed by atoms with van der Waals surface area (Å²) in [6.45, 7) is 2.01. The van der Waals surface area contributed by atoms with Gasteiger partial charge in [-0.3, -0.25) is 0 Å². The Bertz CT molecular complexity index is 581. The smallest absolute Gasteiger partial charge is 0.115 e. The fourth-order valence-corrected chi connectivity index (χ4v) is 7.25. The molecule has 1 heteroatoms. The Morgan fingerprint density at radius 2 is 1.10 bits per heavy atom. The molecule has 0 heterocycles. The largest absolute Gasteiger partial charge is 0.246 e. The zero-order valence-corrected chi connectivity index (χ0v) is 18.8. The van der Waals surface area contributed by atoms with Gasteiger partial charge in [-0.25, -0.2) is 4.39 Å². The minimum atomic E-state index is -0.337. The third kappa shape index (κ3) is 5.45. The standard InChI is InChI=1S/C28H43F/c1-2-3-21-4-8-23(9-5-21)25-12-16-27(17-13-25)28-18-14-26(15-19-28)24-10-6-22(20-29)7-11-24/h6-7,10-11,21,23,25-28H,2-5,8-9,12-20H2,1H3/t21-,23-,25-,26-,27-,28-. The summed E-state index contributed by atoms with van der Waals surface area (Å²) in [7, 11) is 0. The van der Waals surface area contributed by atoms with Gasteiger partial charge in [-0.15, -0.1) is 0 Å². The van der Waals surface area contributed by atoms with Crippen molar-refractivity contribution in [2.24, 2.45) is 29.6 Å². The molecule has 3 aliphatic carbocycles. The molecule has 0 unspecified atom stereocenters. The van der Waals surface area contributed by atoms with E-state index in [1.54, 1.807) is 0 Å². The summed E-state index contributed by atoms with van der Waals surface area (Å²) in [6.07, 6.45) is 20.6. The van der Waals surface area contributed by atoms with Crippen molar-refractivity contribution >= 4 is 0 Å². The second kappa shape index (κ2) is 10.5. The van der Waals surface area contributed by atoms with Crippen molar-refractivity contribution in [2.45, 2.75) is 109 Å². The van der Waals surface area contributed by atoms with Crippen molar-refractivity contribution < 1.29 is 4.39 Å². The van der Waals surface area contributed by atoms with Gasteiger partial charge in [-0.05, 0) is 111 Å². The quantitative estimate of drug-likeness (QED) is 0.449. The van der Waals surface area contributed by atoms with Gasteiger partial charge in [0, 0.05) is 0 Å². The van der Waals surface area contributed by atoms with E-state index in [9.17, 15) is 4.39 Å². The van der Waals surface area contributed by atoms with E-state index in [1.807, 2.05) is 12.1 Å². The Kier molecular flexibility index (Phi) is 7.71. The Hall–Kier alpha value is -0.850. The number of hydrogen-bond acceptors (Lipinski definition) is 0. The van der Waals surface area contributed by atoms with Crippen LogP contribution in [0.25, 0.3) is 0 Å². The highest BCUT2D eigenvalue weighted by Gasteiger charge is 2.34. The SMILES string of the molecule is CCC[C@H]1CC[C@H]([C@H]2CC[C@H]([C@H]3CC[C@H](c4ccc(CF)cc4)CC3)CC2)CC1. The lowest BCUT2D eigenvalue weighted by molar-refractivity contribution is 0.109. The van der Waals surface area contributed by atoms with Crippen molar-refractivity contribution in [1.82, 2.24) is 0 Å². The first-order chi connectivity index (χ1) is 14.3. The summed E-state index contributed by atoms with van der Waals surface area (Å²) in [6, 6.07) is 8.33. The van der Waals surface area contributed by atoms with Crippen LogP contribution in [-0.4, -0.2) is 0 Å². The molecule has 3 fully saturated rings. The Labute approximate surface area is 179 Å². The third-order valence-electron chi connectivity index (χ3n) is 9.12. The van der Waals surface area contributed by atoms with Crippen molar-refractivity contribution in [2.75, 3.05) is 0 Å². The first-order valence-corrected chi connectivity index (χ1v) is 12.9. The Balaban J connectivity index is 1.19. The number of rotatable bonds is 6. The number of alkyl halides is 1. The predicted molar refractivity (Wildman–Crippen MR) is 122 cm³/mol. The summed E-state index contributed by atoms with van der Waals surface area (Å²) in [5.74, 6) is 5.88. The van der Waals surface area contributed by atoms with E-state index in [0.717, 1.165) is 41.1 Å². The first kappa shape index (κ1) is 21.4. The maximum absolute atomic E-state index is 12.8. The van der Waals surface area contributed by atoms with Crippen LogP contribution >= 0.6 is 0 Å². The van der Waals surface area contributed by atoms with Crippen molar-refractivity contribution in [1.29, 1.82) is 0 Å². The minimum Gasteiger partial charge on any atom is -0.246 e. The number of benzene rings is 1. The molecule has 1 aromatic carbocycles. The van der Waals surface area contributed by atoms with Crippen LogP contribution in [0.3, 0.4) is 0 Å². The van der Waals surface area contributed by atoms with Crippen LogP contribution in [0.15, 0.2) is 24.3 Å². The van der Waals surface area contributed by atoms with Gasteiger partial charge in [0.25, 0.3) is 0 Å². The molecular formula is C28H43F. The van der Waals surface area contributed by atoms with Gasteiger partial charge < -0.3 is 0 Å². The van der Waals surface area contributed by atoms with Crippen LogP contribution in [0.4, 0.5) is 4.39 Å². The molecule has 29 heavy (non-hydrogen) atoms. The first-order valence-electron chi connectivity index (χ1n) is 12.9. The third-order valence-corrected chi connectivity index (χ3v) is 9.12. The van der Waals surface area contributed by atoms with Gasteiger partial charge in [0.2, 0.25) is 0 Å². The molecule has 4 rings (SSSR count). The van der Waals surface area contributed by atoms with Crippen LogP contribution < -0.4 is 0 Å². The van der Waals surface area contributed by atoms with Crippen LogP contribution in [0.2, 0.25) is 0 Å². The monoisotopic (exact) mass is 398 g/mol. The second-order valence-corrected chi connectivity index (χ2v) is 10.7. The van der Waals surface area contributed by atoms with E-state index in [-0.39, 0.29) is 6.67 Å². The van der Waals surface area contributed by atoms with Gasteiger partial charge in [-0.1, -0.05) is 56.9 Å². The maximum atomic E-state index is 12.8. The topological polar surface area (TPSA) is 0 Å². The van der Waals surface area contributed by atoms with Crippen molar-refractivity contribution in [3.8, 4) is 0 Å². The summed E-state index contributed by atoms with van der Waals surface area (Å²) in [5.41, 5.74) is 2.26. The molecule has 0 radical (unpaired) electrons. The van der Waals surface area contributed by atoms with Crippen LogP contribution in [-0.2, 0) is 6.67 Å². The lowest BCUT2D eigenvalue weighted by Crippen LogP contribution is -2.29. The average Bonchev–Trinajstić information content (AvgIpc) is 2.80. The molecule has 0 nitrogen and oxygen atoms in total. The van der Waals surface area contributed by atoms with E-state index in [2.05, 4.69) is 19.1 Å². The zero-order valence-electron chi connectivity index (χ0n) is 18.8. The van der Waals surface area contributed by atoms with Crippen molar-refractivity contribution in [3.63, 3.8) is 0 Å². The fraction of sp³-hybridized carbons (Fsp3) is 0.786. The van der Waals surface area contributed by atoms with Crippen molar-refractivity contribution in [3.05, 3.63) is 35.4 Å². The van der Waals surface area contributed by atoms with Gasteiger partial charge in [-0.2, -0.15) is 0 Å². The number of hydrogen-bond donors (Lipinski definition) is 0. The summed E-state index contributed by atoms with van der Waals surface area (Å²) in [4.78, 5) is 0. The van der Waals surface area contributed by atoms with E-state index in [0.29, 0.717) is 0 Å². The van der Waals surface area contributed by atoms with Gasteiger partial charge >= 0.3 is 0 Å². The molecule has 0 N–H and O–H groups in total. The molecule has 0 saturated heterocycles. The highest BCUT2D eigenvalue weighted by atomic mass is 19.1. The van der Waals surface area contributed by atoms with Gasteiger partial charge in [0.1, 0.15) is 6.67 Å². The number of halogens is 1. The molecule has 0 spiro atoms. The molecule has 3 saturated carbocycles. The zero-order chi connectivity index (χ0) is 20.1. The van der Waals surface area contributed by atoms with Gasteiger partial charge in [0.15, 0.2) is 0 Å². The molecule has 3 aliphatic rings. The van der Waals surface area contributed by atoms with Crippen LogP contribution in [0.5, 0.6) is 0 Å². The van der Waals surface area contributed by atoms with E-state index in [4.69, 9.17) is 0 Å². The normalized spacial score (nSPS) is 36.1. The Morgan fingerprint density at radius 1 is 0.655 bits per heavy atom. The predicted octanol–water partition coefficient (Wildman–Crippen LogP) is 8.84. The fourth-order valence-electron chi connectivity index (χ4n) is 7.25. The highest BCUT2D eigenvalue weighted by molar-refractivity contribution is 5.25. The molecule has 0 atom stereocenters. The molecule has 162 valence electrons. The molecule has 1 aromatic rings. The molecule has 0 amide bonds. The lowest BCUT2D eigenvalue weighted by atomic mass is 9.64. The molecule has 0 aliphatic heterocycles. The summed E-state index contributed by atoms with van der Waals surface area (Å²) < 4.78 is 12.8. The lowest BCUT2D eigenvalue weighted by Gasteiger charge is -2.41. The molecule has 0 bridgehead atoms. The van der Waals surface area contributed by atoms with E-state index < -0.39 is 0 Å².